The third kappa shape index (κ3) is 3.68. The van der Waals surface area contributed by atoms with Gasteiger partial charge in [-0.1, -0.05) is 48.0 Å². The Labute approximate surface area is 179 Å². The smallest absolute Gasteiger partial charge is 0.365 e. The second-order valence-corrected chi connectivity index (χ2v) is 9.24. The number of alkyl halides is 3. The van der Waals surface area contributed by atoms with Crippen LogP contribution in [0, 0.1) is 6.92 Å². The van der Waals surface area contributed by atoms with Crippen molar-refractivity contribution < 1.29 is 25.8 Å². The number of rotatable bonds is 5. The second kappa shape index (κ2) is 7.53. The van der Waals surface area contributed by atoms with E-state index in [9.17, 15) is 21.6 Å². The highest BCUT2D eigenvalue weighted by Crippen LogP contribution is 2.46. The molecule has 0 fully saturated rings. The lowest BCUT2D eigenvalue weighted by molar-refractivity contribution is -0.196. The van der Waals surface area contributed by atoms with Crippen LogP contribution in [0.5, 0.6) is 0 Å². The van der Waals surface area contributed by atoms with E-state index in [-0.39, 0.29) is 16.5 Å². The van der Waals surface area contributed by atoms with Gasteiger partial charge in [0.05, 0.1) is 6.04 Å². The summed E-state index contributed by atoms with van der Waals surface area (Å²) >= 11 is 0. The summed E-state index contributed by atoms with van der Waals surface area (Å²) in [5.74, 6) is 0. The zero-order valence-corrected chi connectivity index (χ0v) is 18.1. The Hall–Kier alpha value is -2.58. The Balaban J connectivity index is 1.82. The predicted molar refractivity (Wildman–Crippen MR) is 114 cm³/mol. The summed E-state index contributed by atoms with van der Waals surface area (Å²) in [6, 6.07) is 13.7. The summed E-state index contributed by atoms with van der Waals surface area (Å²) in [6.07, 6.45) is -7.49. The minimum absolute atomic E-state index is 0.0399. The van der Waals surface area contributed by atoms with Crippen molar-refractivity contribution in [2.45, 2.75) is 44.0 Å². The van der Waals surface area contributed by atoms with Gasteiger partial charge in [-0.3, -0.25) is 0 Å². The molecule has 8 heteroatoms. The summed E-state index contributed by atoms with van der Waals surface area (Å²) in [4.78, 5) is 1.86. The molecular formula is C23H22F3NO3S. The van der Waals surface area contributed by atoms with Crippen LogP contribution in [0.3, 0.4) is 0 Å². The van der Waals surface area contributed by atoms with Gasteiger partial charge >= 0.3 is 6.18 Å². The Kier molecular flexibility index (Phi) is 5.26. The van der Waals surface area contributed by atoms with Gasteiger partial charge in [0, 0.05) is 23.0 Å². The first kappa shape index (κ1) is 21.6. The molecule has 3 aromatic rings. The van der Waals surface area contributed by atoms with Crippen molar-refractivity contribution in [3.05, 3.63) is 71.3 Å². The van der Waals surface area contributed by atoms with Crippen molar-refractivity contribution in [1.29, 1.82) is 0 Å². The lowest BCUT2D eigenvalue weighted by Gasteiger charge is -2.24. The number of hydrogen-bond acceptors (Lipinski definition) is 4. The van der Waals surface area contributed by atoms with Crippen molar-refractivity contribution in [2.75, 3.05) is 11.4 Å². The molecule has 0 spiro atoms. The van der Waals surface area contributed by atoms with Gasteiger partial charge in [-0.15, -0.1) is 0 Å². The summed E-state index contributed by atoms with van der Waals surface area (Å²) in [6.45, 7) is 6.46. The molecule has 0 aromatic heterocycles. The molecule has 0 amide bonds. The molecule has 164 valence electrons. The maximum absolute atomic E-state index is 13.8. The van der Waals surface area contributed by atoms with Crippen molar-refractivity contribution in [1.82, 2.24) is 0 Å². The van der Waals surface area contributed by atoms with E-state index in [2.05, 4.69) is 4.90 Å². The van der Waals surface area contributed by atoms with Crippen molar-refractivity contribution >= 4 is 26.6 Å². The van der Waals surface area contributed by atoms with E-state index in [4.69, 9.17) is 4.18 Å². The molecule has 0 radical (unpaired) electrons. The monoisotopic (exact) mass is 449 g/mol. The molecule has 1 aliphatic rings. The number of hydrogen-bond donors (Lipinski definition) is 0. The maximum Gasteiger partial charge on any atom is 0.420 e. The molecule has 3 aromatic carbocycles. The van der Waals surface area contributed by atoms with Crippen LogP contribution < -0.4 is 4.90 Å². The van der Waals surface area contributed by atoms with E-state index >= 15 is 0 Å². The highest BCUT2D eigenvalue weighted by molar-refractivity contribution is 7.87. The van der Waals surface area contributed by atoms with E-state index < -0.39 is 22.4 Å². The third-order valence-corrected chi connectivity index (χ3v) is 7.09. The van der Waals surface area contributed by atoms with Gasteiger partial charge in [-0.25, -0.2) is 4.18 Å². The van der Waals surface area contributed by atoms with Gasteiger partial charge < -0.3 is 4.90 Å². The number of anilines is 1. The number of nitrogens with zero attached hydrogens (tertiary/aromatic N) is 1. The first-order valence-electron chi connectivity index (χ1n) is 9.93. The fourth-order valence-corrected chi connectivity index (χ4v) is 5.49. The van der Waals surface area contributed by atoms with Crippen molar-refractivity contribution in [3.63, 3.8) is 0 Å². The first-order chi connectivity index (χ1) is 14.5. The molecule has 0 saturated heterocycles. The molecule has 2 atom stereocenters. The molecule has 1 aliphatic heterocycles. The normalized spacial score (nSPS) is 17.4. The van der Waals surface area contributed by atoms with Gasteiger partial charge in [0.2, 0.25) is 0 Å². The molecule has 0 N–H and O–H groups in total. The summed E-state index contributed by atoms with van der Waals surface area (Å²) in [7, 11) is -4.71. The Bertz CT molecular complexity index is 1240. The minimum Gasteiger partial charge on any atom is -0.365 e. The summed E-state index contributed by atoms with van der Waals surface area (Å²) < 4.78 is 72.3. The van der Waals surface area contributed by atoms with Gasteiger partial charge in [0.1, 0.15) is 4.90 Å². The molecule has 31 heavy (non-hydrogen) atoms. The fraction of sp³-hybridized carbons (Fsp3) is 0.304. The standard InChI is InChI=1S/C23H22F3NO3S/c1-4-27-15(3)17-6-5-7-18-20(13-12-19(27)21(17)18)31(28,29)30-22(23(24,25)26)16-10-8-14(2)9-11-16/h5-13,15,22H,4H2,1-3H3. The molecule has 0 saturated carbocycles. The van der Waals surface area contributed by atoms with Crippen LogP contribution in [0.15, 0.2) is 59.5 Å². The molecular weight excluding hydrogens is 427 g/mol. The van der Waals surface area contributed by atoms with Gasteiger partial charge in [-0.05, 0) is 44.0 Å². The quantitative estimate of drug-likeness (QED) is 0.445. The van der Waals surface area contributed by atoms with Crippen LogP contribution in [0.1, 0.15) is 42.7 Å². The lowest BCUT2D eigenvalue weighted by Crippen LogP contribution is -2.26. The summed E-state index contributed by atoms with van der Waals surface area (Å²) in [5, 5.41) is 1.10. The SMILES string of the molecule is CCN1c2ccc(S(=O)(=O)OC(c3ccc(C)cc3)C(F)(F)F)c3cccc(c23)C1C. The Morgan fingerprint density at radius 3 is 2.35 bits per heavy atom. The Morgan fingerprint density at radius 1 is 1.06 bits per heavy atom. The molecule has 4 nitrogen and oxygen atoms in total. The summed E-state index contributed by atoms with van der Waals surface area (Å²) in [5.41, 5.74) is 2.30. The number of halogens is 3. The van der Waals surface area contributed by atoms with Crippen molar-refractivity contribution in [2.24, 2.45) is 0 Å². The fourth-order valence-electron chi connectivity index (χ4n) is 4.23. The average molecular weight is 449 g/mol. The topological polar surface area (TPSA) is 46.6 Å². The van der Waals surface area contributed by atoms with E-state index in [1.54, 1.807) is 25.1 Å². The maximum atomic E-state index is 13.8. The molecule has 2 unspecified atom stereocenters. The van der Waals surface area contributed by atoms with E-state index in [1.807, 2.05) is 19.9 Å². The van der Waals surface area contributed by atoms with Crippen molar-refractivity contribution in [3.8, 4) is 0 Å². The zero-order valence-electron chi connectivity index (χ0n) is 17.3. The van der Waals surface area contributed by atoms with Gasteiger partial charge in [-0.2, -0.15) is 21.6 Å². The molecule has 0 bridgehead atoms. The zero-order chi connectivity index (χ0) is 22.6. The molecule has 1 heterocycles. The van der Waals surface area contributed by atoms with Crippen LogP contribution in [-0.2, 0) is 14.3 Å². The van der Waals surface area contributed by atoms with Crippen LogP contribution in [0.4, 0.5) is 18.9 Å². The average Bonchev–Trinajstić information content (AvgIpc) is 2.99. The number of aryl methyl sites for hydroxylation is 1. The Morgan fingerprint density at radius 2 is 1.74 bits per heavy atom. The van der Waals surface area contributed by atoms with Gasteiger partial charge in [0.15, 0.2) is 6.10 Å². The van der Waals surface area contributed by atoms with Crippen LogP contribution in [0.2, 0.25) is 0 Å². The number of benzene rings is 3. The molecule has 0 aliphatic carbocycles. The van der Waals surface area contributed by atoms with Gasteiger partial charge in [0.25, 0.3) is 10.1 Å². The van der Waals surface area contributed by atoms with Crippen LogP contribution in [0.25, 0.3) is 10.8 Å². The lowest BCUT2D eigenvalue weighted by atomic mass is 10.0. The second-order valence-electron chi connectivity index (χ2n) is 7.70. The highest BCUT2D eigenvalue weighted by atomic mass is 32.2. The minimum atomic E-state index is -4.90. The van der Waals surface area contributed by atoms with E-state index in [1.165, 1.54) is 30.3 Å². The molecule has 4 rings (SSSR count). The predicted octanol–water partition coefficient (Wildman–Crippen LogP) is 6.06. The van der Waals surface area contributed by atoms with E-state index in [0.717, 1.165) is 28.7 Å². The van der Waals surface area contributed by atoms with Crippen LogP contribution in [-0.4, -0.2) is 21.1 Å². The third-order valence-electron chi connectivity index (χ3n) is 5.75. The highest BCUT2D eigenvalue weighted by Gasteiger charge is 2.45. The largest absolute Gasteiger partial charge is 0.420 e. The van der Waals surface area contributed by atoms with Crippen LogP contribution >= 0.6 is 0 Å². The first-order valence-corrected chi connectivity index (χ1v) is 11.3. The van der Waals surface area contributed by atoms with E-state index in [0.29, 0.717) is 5.39 Å².